The summed E-state index contributed by atoms with van der Waals surface area (Å²) in [6, 6.07) is 20.9. The van der Waals surface area contributed by atoms with Crippen molar-refractivity contribution in [2.24, 2.45) is 0 Å². The predicted octanol–water partition coefficient (Wildman–Crippen LogP) is 9.18. The molecule has 0 unspecified atom stereocenters. The molecule has 0 aromatic heterocycles. The minimum atomic E-state index is -5.82. The SMILES string of the molecule is CNC(=O)c1cc(C(=O)Nc2ccc(Oc3ccc(C(c4ccc(Oc5ccc(C)cc5)cc4)(C(F)(F)F)C(F)(F)F)cc3)cc2)c(C(=O)OC)cc1C(=O)OC. The first-order chi connectivity index (χ1) is 26.9. The molecular formula is C41H32F6N2O8. The van der Waals surface area contributed by atoms with E-state index in [-0.39, 0.29) is 45.2 Å². The van der Waals surface area contributed by atoms with Crippen molar-refractivity contribution in [2.45, 2.75) is 24.7 Å². The maximum Gasteiger partial charge on any atom is 0.411 e. The molecule has 5 rings (SSSR count). The van der Waals surface area contributed by atoms with Gasteiger partial charge in [-0.1, -0.05) is 42.0 Å². The van der Waals surface area contributed by atoms with Crippen LogP contribution in [0.5, 0.6) is 23.0 Å². The van der Waals surface area contributed by atoms with Crippen LogP contribution in [0, 0.1) is 6.92 Å². The number of hydrogen-bond acceptors (Lipinski definition) is 8. The normalized spacial score (nSPS) is 11.6. The number of ether oxygens (including phenoxy) is 4. The number of benzene rings is 5. The second-order valence-electron chi connectivity index (χ2n) is 12.3. The smallest absolute Gasteiger partial charge is 0.411 e. The topological polar surface area (TPSA) is 129 Å². The van der Waals surface area contributed by atoms with Crippen LogP contribution in [0.1, 0.15) is 58.1 Å². The molecule has 10 nitrogen and oxygen atoms in total. The van der Waals surface area contributed by atoms with E-state index < -0.39 is 52.6 Å². The van der Waals surface area contributed by atoms with Crippen LogP contribution in [-0.4, -0.2) is 57.4 Å². The molecule has 0 aliphatic carbocycles. The molecular weight excluding hydrogens is 762 g/mol. The third kappa shape index (κ3) is 8.54. The van der Waals surface area contributed by atoms with E-state index in [4.69, 9.17) is 18.9 Å². The Morgan fingerprint density at radius 3 is 1.23 bits per heavy atom. The number of alkyl halides is 6. The molecule has 0 saturated carbocycles. The van der Waals surface area contributed by atoms with Gasteiger partial charge in [0.2, 0.25) is 5.41 Å². The Hall–Kier alpha value is -6.84. The molecule has 0 aliphatic heterocycles. The van der Waals surface area contributed by atoms with Crippen LogP contribution in [0.4, 0.5) is 32.0 Å². The maximum atomic E-state index is 14.8. The zero-order valence-corrected chi connectivity index (χ0v) is 30.4. The second-order valence-corrected chi connectivity index (χ2v) is 12.3. The summed E-state index contributed by atoms with van der Waals surface area (Å²) in [7, 11) is 3.40. The largest absolute Gasteiger partial charge is 0.465 e. The summed E-state index contributed by atoms with van der Waals surface area (Å²) in [5.74, 6) is -3.22. The fourth-order valence-electron chi connectivity index (χ4n) is 5.88. The molecule has 0 radical (unpaired) electrons. The van der Waals surface area contributed by atoms with Crippen LogP contribution in [0.3, 0.4) is 0 Å². The molecule has 0 aliphatic rings. The van der Waals surface area contributed by atoms with Crippen molar-refractivity contribution in [3.8, 4) is 23.0 Å². The number of aryl methyl sites for hydroxylation is 1. The second kappa shape index (κ2) is 16.5. The highest BCUT2D eigenvalue weighted by atomic mass is 19.4. The number of esters is 2. The summed E-state index contributed by atoms with van der Waals surface area (Å²) in [5.41, 5.74) is -6.76. The van der Waals surface area contributed by atoms with Gasteiger partial charge in [0.1, 0.15) is 23.0 Å². The summed E-state index contributed by atoms with van der Waals surface area (Å²) in [6.07, 6.45) is -11.6. The molecule has 5 aromatic carbocycles. The lowest BCUT2D eigenvalue weighted by Gasteiger charge is -2.38. The summed E-state index contributed by atoms with van der Waals surface area (Å²) in [6.45, 7) is 1.84. The minimum Gasteiger partial charge on any atom is -0.465 e. The maximum absolute atomic E-state index is 14.8. The lowest BCUT2D eigenvalue weighted by molar-refractivity contribution is -0.288. The Morgan fingerprint density at radius 2 is 0.860 bits per heavy atom. The van der Waals surface area contributed by atoms with E-state index in [0.29, 0.717) is 17.9 Å². The standard InChI is InChI=1S/C41H32F6N2O8/c1-23-5-13-27(14-6-23)56-28-15-7-24(8-16-28)39(40(42,43)44,41(45,46)47)25-9-17-29(18-10-25)57-30-19-11-26(12-20-30)49-36(51)32-21-31(35(50)48-2)33(37(52)54-3)22-34(32)38(53)55-4/h5-22H,1-4H3,(H,48,50)(H,49,51). The van der Waals surface area contributed by atoms with Gasteiger partial charge >= 0.3 is 24.3 Å². The van der Waals surface area contributed by atoms with Gasteiger partial charge in [-0.2, -0.15) is 26.3 Å². The first-order valence-electron chi connectivity index (χ1n) is 16.7. The molecule has 0 atom stereocenters. The van der Waals surface area contributed by atoms with E-state index in [1.165, 1.54) is 31.3 Å². The fraction of sp³-hybridized carbons (Fsp3) is 0.171. The van der Waals surface area contributed by atoms with Gasteiger partial charge in [0.05, 0.1) is 36.5 Å². The van der Waals surface area contributed by atoms with Crippen molar-refractivity contribution in [2.75, 3.05) is 26.6 Å². The number of carbonyl (C=O) groups excluding carboxylic acids is 4. The Bertz CT molecular complexity index is 2260. The summed E-state index contributed by atoms with van der Waals surface area (Å²) in [5, 5.41) is 4.86. The van der Waals surface area contributed by atoms with Gasteiger partial charge < -0.3 is 29.6 Å². The molecule has 296 valence electrons. The van der Waals surface area contributed by atoms with Crippen LogP contribution >= 0.6 is 0 Å². The number of anilines is 1. The van der Waals surface area contributed by atoms with E-state index in [1.54, 1.807) is 24.3 Å². The van der Waals surface area contributed by atoms with Crippen molar-refractivity contribution in [1.82, 2.24) is 5.32 Å². The number of hydrogen-bond donors (Lipinski definition) is 2. The molecule has 2 amide bonds. The van der Waals surface area contributed by atoms with E-state index in [2.05, 4.69) is 10.6 Å². The molecule has 0 spiro atoms. The molecule has 0 fully saturated rings. The van der Waals surface area contributed by atoms with Gasteiger partial charge in [0.15, 0.2) is 0 Å². The summed E-state index contributed by atoms with van der Waals surface area (Å²) < 4.78 is 109. The molecule has 0 saturated heterocycles. The molecule has 16 heteroatoms. The Balaban J connectivity index is 1.38. The van der Waals surface area contributed by atoms with Crippen LogP contribution in [0.25, 0.3) is 0 Å². The van der Waals surface area contributed by atoms with Gasteiger partial charge in [-0.25, -0.2) is 9.59 Å². The molecule has 57 heavy (non-hydrogen) atoms. The molecule has 0 heterocycles. The third-order valence-electron chi connectivity index (χ3n) is 8.71. The van der Waals surface area contributed by atoms with Crippen molar-refractivity contribution in [3.63, 3.8) is 0 Å². The quantitative estimate of drug-likeness (QED) is 0.100. The zero-order valence-electron chi connectivity index (χ0n) is 30.4. The number of rotatable bonds is 11. The Labute approximate surface area is 321 Å². The lowest BCUT2D eigenvalue weighted by Crippen LogP contribution is -2.54. The van der Waals surface area contributed by atoms with Gasteiger partial charge in [-0.05, 0) is 90.8 Å². The van der Waals surface area contributed by atoms with Crippen molar-refractivity contribution < 1.29 is 64.5 Å². The van der Waals surface area contributed by atoms with Crippen molar-refractivity contribution in [3.05, 3.63) is 148 Å². The van der Waals surface area contributed by atoms with Gasteiger partial charge in [0.25, 0.3) is 11.8 Å². The Kier molecular flexibility index (Phi) is 12.0. The zero-order chi connectivity index (χ0) is 41.7. The van der Waals surface area contributed by atoms with Crippen molar-refractivity contribution in [1.29, 1.82) is 0 Å². The summed E-state index contributed by atoms with van der Waals surface area (Å²) >= 11 is 0. The monoisotopic (exact) mass is 794 g/mol. The molecule has 2 N–H and O–H groups in total. The van der Waals surface area contributed by atoms with Gasteiger partial charge in [-0.15, -0.1) is 0 Å². The predicted molar refractivity (Wildman–Crippen MR) is 194 cm³/mol. The number of halogens is 6. The van der Waals surface area contributed by atoms with Gasteiger partial charge in [0, 0.05) is 12.7 Å². The number of carbonyl (C=O) groups is 4. The summed E-state index contributed by atoms with van der Waals surface area (Å²) in [4.78, 5) is 50.8. The van der Waals surface area contributed by atoms with Crippen LogP contribution in [0.2, 0.25) is 0 Å². The first-order valence-corrected chi connectivity index (χ1v) is 16.7. The average Bonchev–Trinajstić information content (AvgIpc) is 3.18. The highest BCUT2D eigenvalue weighted by Gasteiger charge is 2.72. The third-order valence-corrected chi connectivity index (χ3v) is 8.71. The number of amides is 2. The van der Waals surface area contributed by atoms with E-state index in [9.17, 15) is 45.5 Å². The van der Waals surface area contributed by atoms with Crippen LogP contribution in [0.15, 0.2) is 109 Å². The van der Waals surface area contributed by atoms with E-state index >= 15 is 0 Å². The highest BCUT2D eigenvalue weighted by Crippen LogP contribution is 2.56. The van der Waals surface area contributed by atoms with Crippen LogP contribution in [-0.2, 0) is 14.9 Å². The Morgan fingerprint density at radius 1 is 0.509 bits per heavy atom. The van der Waals surface area contributed by atoms with Gasteiger partial charge in [-0.3, -0.25) is 9.59 Å². The number of methoxy groups -OCH3 is 2. The number of nitrogens with one attached hydrogen (secondary N) is 2. The lowest BCUT2D eigenvalue weighted by atomic mass is 9.73. The first kappa shape index (κ1) is 41.3. The molecule has 0 bridgehead atoms. The highest BCUT2D eigenvalue weighted by molar-refractivity contribution is 6.15. The fourth-order valence-corrected chi connectivity index (χ4v) is 5.88. The molecule has 5 aromatic rings. The van der Waals surface area contributed by atoms with Crippen LogP contribution < -0.4 is 20.1 Å². The van der Waals surface area contributed by atoms with E-state index in [0.717, 1.165) is 68.3 Å². The van der Waals surface area contributed by atoms with E-state index in [1.807, 2.05) is 6.92 Å². The average molecular weight is 795 g/mol. The van der Waals surface area contributed by atoms with Crippen molar-refractivity contribution >= 4 is 29.4 Å². The minimum absolute atomic E-state index is 0.0329.